The summed E-state index contributed by atoms with van der Waals surface area (Å²) in [4.78, 5) is 14.3. The van der Waals surface area contributed by atoms with E-state index in [4.69, 9.17) is 9.47 Å². The third-order valence-corrected chi connectivity index (χ3v) is 4.72. The first-order chi connectivity index (χ1) is 11.2. The number of hydrogen-bond acceptors (Lipinski definition) is 3. The summed E-state index contributed by atoms with van der Waals surface area (Å²) in [6.45, 7) is 4.44. The Morgan fingerprint density at radius 3 is 3.04 bits per heavy atom. The predicted octanol–water partition coefficient (Wildman–Crippen LogP) is 2.16. The van der Waals surface area contributed by atoms with Crippen LogP contribution in [0, 0.1) is 0 Å². The molecular formula is C18H26N2O3. The van der Waals surface area contributed by atoms with Gasteiger partial charge in [0.1, 0.15) is 0 Å². The molecule has 1 aromatic rings. The molecule has 5 nitrogen and oxygen atoms in total. The molecule has 1 aliphatic heterocycles. The van der Waals surface area contributed by atoms with Crippen molar-refractivity contribution in [2.24, 2.45) is 0 Å². The van der Waals surface area contributed by atoms with Crippen molar-refractivity contribution in [3.63, 3.8) is 0 Å². The molecule has 23 heavy (non-hydrogen) atoms. The fourth-order valence-corrected chi connectivity index (χ4v) is 3.67. The van der Waals surface area contributed by atoms with Gasteiger partial charge in [-0.15, -0.1) is 0 Å². The lowest BCUT2D eigenvalue weighted by molar-refractivity contribution is -0.0896. The Morgan fingerprint density at radius 1 is 1.39 bits per heavy atom. The molecule has 1 saturated heterocycles. The molecule has 3 atom stereocenters. The summed E-state index contributed by atoms with van der Waals surface area (Å²) in [6, 6.07) is 8.55. The third-order valence-electron chi connectivity index (χ3n) is 4.72. The number of ether oxygens (including phenoxy) is 2. The number of methoxy groups -OCH3 is 1. The largest absolute Gasteiger partial charge is 0.382 e. The maximum atomic E-state index is 12.5. The molecule has 0 spiro atoms. The number of nitrogens with one attached hydrogen (secondary N) is 1. The molecule has 126 valence electrons. The minimum absolute atomic E-state index is 0.00522. The number of rotatable bonds is 4. The Kier molecular flexibility index (Phi) is 5.18. The number of aryl methyl sites for hydroxylation is 1. The van der Waals surface area contributed by atoms with Crippen molar-refractivity contribution in [3.05, 3.63) is 35.4 Å². The lowest BCUT2D eigenvalue weighted by Gasteiger charge is -2.36. The van der Waals surface area contributed by atoms with Gasteiger partial charge in [-0.2, -0.15) is 0 Å². The van der Waals surface area contributed by atoms with Crippen molar-refractivity contribution in [3.8, 4) is 0 Å². The first kappa shape index (κ1) is 16.3. The number of nitrogens with zero attached hydrogens (tertiary/aromatic N) is 1. The van der Waals surface area contributed by atoms with Gasteiger partial charge < -0.3 is 19.7 Å². The van der Waals surface area contributed by atoms with E-state index >= 15 is 0 Å². The maximum Gasteiger partial charge on any atom is 0.317 e. The van der Waals surface area contributed by atoms with Crippen LogP contribution in [-0.4, -0.2) is 56.5 Å². The Bertz CT molecular complexity index is 549. The highest BCUT2D eigenvalue weighted by Crippen LogP contribution is 2.32. The summed E-state index contributed by atoms with van der Waals surface area (Å²) < 4.78 is 10.9. The minimum Gasteiger partial charge on any atom is -0.382 e. The van der Waals surface area contributed by atoms with Crippen molar-refractivity contribution in [1.82, 2.24) is 10.2 Å². The van der Waals surface area contributed by atoms with Gasteiger partial charge in [0.25, 0.3) is 0 Å². The van der Waals surface area contributed by atoms with Crippen LogP contribution in [0.1, 0.15) is 30.4 Å². The molecule has 1 aliphatic carbocycles. The summed E-state index contributed by atoms with van der Waals surface area (Å²) >= 11 is 0. The molecule has 2 amide bonds. The van der Waals surface area contributed by atoms with Gasteiger partial charge >= 0.3 is 6.03 Å². The normalized spacial score (nSPS) is 26.9. The quantitative estimate of drug-likeness (QED) is 0.925. The van der Waals surface area contributed by atoms with Crippen molar-refractivity contribution in [2.75, 3.05) is 33.4 Å². The van der Waals surface area contributed by atoms with Gasteiger partial charge in [0.05, 0.1) is 25.4 Å². The standard InChI is InChI=1S/C18H26N2O3/c1-13-10-20(11-16(23-13)12-22-2)18(21)19-9-15-8-7-14-5-3-4-6-17(14)15/h3-6,13,15-16H,7-12H2,1-2H3,(H,19,21)/t13-,15+,16+/m1/s1. The molecule has 1 aromatic carbocycles. The smallest absolute Gasteiger partial charge is 0.317 e. The van der Waals surface area contributed by atoms with Gasteiger partial charge in [-0.1, -0.05) is 24.3 Å². The maximum absolute atomic E-state index is 12.5. The van der Waals surface area contributed by atoms with Crippen LogP contribution in [-0.2, 0) is 15.9 Å². The highest BCUT2D eigenvalue weighted by atomic mass is 16.5. The Labute approximate surface area is 137 Å². The van der Waals surface area contributed by atoms with Crippen LogP contribution in [0.4, 0.5) is 4.79 Å². The fraction of sp³-hybridized carbons (Fsp3) is 0.611. The Morgan fingerprint density at radius 2 is 2.22 bits per heavy atom. The lowest BCUT2D eigenvalue weighted by atomic mass is 10.0. The van der Waals surface area contributed by atoms with Crippen LogP contribution < -0.4 is 5.32 Å². The molecule has 3 rings (SSSR count). The number of morpholine rings is 1. The van der Waals surface area contributed by atoms with Crippen LogP contribution in [0.3, 0.4) is 0 Å². The van der Waals surface area contributed by atoms with E-state index in [0.29, 0.717) is 32.2 Å². The molecule has 0 saturated carbocycles. The molecule has 0 aromatic heterocycles. The molecule has 2 aliphatic rings. The van der Waals surface area contributed by atoms with E-state index in [-0.39, 0.29) is 18.2 Å². The number of carbonyl (C=O) groups excluding carboxylic acids is 1. The average Bonchev–Trinajstić information content (AvgIpc) is 2.95. The SMILES string of the molecule is COC[C@@H]1CN(C(=O)NC[C@@H]2CCc3ccccc32)C[C@@H](C)O1. The molecule has 0 bridgehead atoms. The second-order valence-corrected chi connectivity index (χ2v) is 6.55. The van der Waals surface area contributed by atoms with Crippen molar-refractivity contribution in [2.45, 2.75) is 37.9 Å². The molecule has 1 fully saturated rings. The third kappa shape index (κ3) is 3.85. The van der Waals surface area contributed by atoms with E-state index in [1.165, 1.54) is 11.1 Å². The van der Waals surface area contributed by atoms with Gasteiger partial charge in [-0.05, 0) is 30.9 Å². The number of urea groups is 1. The van der Waals surface area contributed by atoms with E-state index in [9.17, 15) is 4.79 Å². The molecule has 0 radical (unpaired) electrons. The zero-order valence-corrected chi connectivity index (χ0v) is 14.0. The van der Waals surface area contributed by atoms with E-state index < -0.39 is 0 Å². The number of fused-ring (bicyclic) bond motifs is 1. The summed E-state index contributed by atoms with van der Waals surface area (Å²) in [5.74, 6) is 0.434. The summed E-state index contributed by atoms with van der Waals surface area (Å²) in [5, 5.41) is 3.11. The van der Waals surface area contributed by atoms with Gasteiger partial charge in [0.15, 0.2) is 0 Å². The zero-order chi connectivity index (χ0) is 16.2. The Hall–Kier alpha value is -1.59. The molecule has 5 heteroatoms. The van der Waals surface area contributed by atoms with Crippen LogP contribution in [0.15, 0.2) is 24.3 Å². The lowest BCUT2D eigenvalue weighted by Crippen LogP contribution is -2.53. The van der Waals surface area contributed by atoms with E-state index in [2.05, 4.69) is 29.6 Å². The zero-order valence-electron chi connectivity index (χ0n) is 14.0. The number of amides is 2. The highest BCUT2D eigenvalue weighted by Gasteiger charge is 2.29. The summed E-state index contributed by atoms with van der Waals surface area (Å²) in [6.07, 6.45) is 2.23. The second-order valence-electron chi connectivity index (χ2n) is 6.55. The average molecular weight is 318 g/mol. The van der Waals surface area contributed by atoms with Gasteiger partial charge in [-0.25, -0.2) is 4.79 Å². The fourth-order valence-electron chi connectivity index (χ4n) is 3.67. The molecule has 1 N–H and O–H groups in total. The monoisotopic (exact) mass is 318 g/mol. The first-order valence-corrected chi connectivity index (χ1v) is 8.42. The number of hydrogen-bond donors (Lipinski definition) is 1. The summed E-state index contributed by atoms with van der Waals surface area (Å²) in [5.41, 5.74) is 2.81. The molecule has 0 unspecified atom stereocenters. The van der Waals surface area contributed by atoms with Crippen molar-refractivity contribution in [1.29, 1.82) is 0 Å². The van der Waals surface area contributed by atoms with E-state index in [1.54, 1.807) is 7.11 Å². The highest BCUT2D eigenvalue weighted by molar-refractivity contribution is 5.74. The van der Waals surface area contributed by atoms with Gasteiger partial charge in [-0.3, -0.25) is 0 Å². The van der Waals surface area contributed by atoms with Gasteiger partial charge in [0, 0.05) is 26.1 Å². The van der Waals surface area contributed by atoms with E-state index in [0.717, 1.165) is 12.8 Å². The van der Waals surface area contributed by atoms with Crippen LogP contribution >= 0.6 is 0 Å². The van der Waals surface area contributed by atoms with Crippen molar-refractivity contribution >= 4 is 6.03 Å². The second kappa shape index (κ2) is 7.32. The number of benzene rings is 1. The minimum atomic E-state index is -0.0401. The predicted molar refractivity (Wildman–Crippen MR) is 88.7 cm³/mol. The van der Waals surface area contributed by atoms with E-state index in [1.807, 2.05) is 11.8 Å². The van der Waals surface area contributed by atoms with Gasteiger partial charge in [0.2, 0.25) is 0 Å². The number of carbonyl (C=O) groups is 1. The van der Waals surface area contributed by atoms with Crippen LogP contribution in [0.5, 0.6) is 0 Å². The summed E-state index contributed by atoms with van der Waals surface area (Å²) in [7, 11) is 1.66. The van der Waals surface area contributed by atoms with Crippen LogP contribution in [0.25, 0.3) is 0 Å². The first-order valence-electron chi connectivity index (χ1n) is 8.42. The molecule has 1 heterocycles. The van der Waals surface area contributed by atoms with Crippen molar-refractivity contribution < 1.29 is 14.3 Å². The topological polar surface area (TPSA) is 50.8 Å². The molecular weight excluding hydrogens is 292 g/mol. The Balaban J connectivity index is 1.53. The van der Waals surface area contributed by atoms with Crippen LogP contribution in [0.2, 0.25) is 0 Å².